The summed E-state index contributed by atoms with van der Waals surface area (Å²) in [5.74, 6) is 3.33. The van der Waals surface area contributed by atoms with E-state index in [9.17, 15) is 0 Å². The lowest BCUT2D eigenvalue weighted by Crippen LogP contribution is -2.08. The highest BCUT2D eigenvalue weighted by molar-refractivity contribution is 6.26. The van der Waals surface area contributed by atoms with Crippen LogP contribution in [0.2, 0.25) is 0 Å². The van der Waals surface area contributed by atoms with E-state index in [0.29, 0.717) is 34.9 Å². The third kappa shape index (κ3) is 11.4. The Hall–Kier alpha value is -17.3. The molecule has 0 fully saturated rings. The van der Waals surface area contributed by atoms with Gasteiger partial charge in [0, 0.05) is 87.6 Å². The van der Waals surface area contributed by atoms with Crippen molar-refractivity contribution in [3.8, 4) is 124 Å². The fraction of sp³-hybridized carbons (Fsp3) is 0. The fourth-order valence-corrected chi connectivity index (χ4v) is 20.4. The van der Waals surface area contributed by atoms with Crippen LogP contribution in [-0.4, -0.2) is 48.2 Å². The Labute approximate surface area is 734 Å². The Balaban J connectivity index is 0.703. The van der Waals surface area contributed by atoms with Crippen LogP contribution >= 0.6 is 0 Å². The number of nitrogens with zero attached hydrogens (tertiary/aromatic N) is 10. The van der Waals surface area contributed by atoms with Crippen LogP contribution in [0.15, 0.2) is 437 Å². The van der Waals surface area contributed by atoms with Gasteiger partial charge in [-0.15, -0.1) is 0 Å². The normalized spacial score (nSPS) is 11.9. The molecule has 0 bridgehead atoms. The van der Waals surface area contributed by atoms with Gasteiger partial charge in [0.25, 0.3) is 0 Å². The minimum Gasteiger partial charge on any atom is -0.307 e. The summed E-state index contributed by atoms with van der Waals surface area (Å²) in [4.78, 5) is 33.5. The number of fused-ring (bicyclic) bond motifs is 19. The van der Waals surface area contributed by atoms with Crippen LogP contribution in [-0.2, 0) is 0 Å². The summed E-state index contributed by atoms with van der Waals surface area (Å²) in [5.41, 5.74) is 23.6. The molecule has 26 rings (SSSR count). The first-order valence-corrected chi connectivity index (χ1v) is 43.5. The first-order chi connectivity index (χ1) is 63.5. The molecule has 0 amide bonds. The highest BCUT2D eigenvalue weighted by atomic mass is 15.1. The molecule has 10 nitrogen and oxygen atoms in total. The molecule has 10 heteroatoms. The zero-order chi connectivity index (χ0) is 84.0. The molecule has 128 heavy (non-hydrogen) atoms. The number of hydrogen-bond acceptors (Lipinski definition) is 6. The van der Waals surface area contributed by atoms with Crippen molar-refractivity contribution >= 4 is 130 Å². The Bertz CT molecular complexity index is 8840. The topological polar surface area (TPSA) is 97.1 Å². The van der Waals surface area contributed by atoms with Crippen molar-refractivity contribution in [3.05, 3.63) is 437 Å². The van der Waals surface area contributed by atoms with Crippen molar-refractivity contribution in [2.75, 3.05) is 0 Å². The van der Waals surface area contributed by atoms with E-state index in [0.717, 1.165) is 182 Å². The first kappa shape index (κ1) is 72.3. The number of hydrogen-bond donors (Lipinski definition) is 0. The predicted molar refractivity (Wildman–Crippen MR) is 530 cm³/mol. The smallest absolute Gasteiger partial charge is 0.164 e. The molecule has 0 unspecified atom stereocenters. The van der Waals surface area contributed by atoms with Gasteiger partial charge in [0.15, 0.2) is 34.9 Å². The van der Waals surface area contributed by atoms with Gasteiger partial charge in [0.2, 0.25) is 0 Å². The van der Waals surface area contributed by atoms with Crippen molar-refractivity contribution in [2.24, 2.45) is 0 Å². The minimum absolute atomic E-state index is 0.536. The van der Waals surface area contributed by atoms with E-state index in [-0.39, 0.29) is 0 Å². The monoisotopic (exact) mass is 1630 g/mol. The summed E-state index contributed by atoms with van der Waals surface area (Å²) >= 11 is 0. The SMILES string of the molecule is c1ccc(-c2nc(-c3cccc(-c4ccc5c(c4)c4ccccc4n5-c4ccc(-c5nc(-c6ccccc6)nc(-c6ccccc6)n5)c(-c5ccc6c7ccccc7c7ccccc7c6c5)c4-n4c5ccccc5c5ccccc54)c3)nc(-c3ccc(-n4c5ccccc5c5ccccc54)c(-n4c5ccccc5c5ccccc54)c3-c3ccc4ccccc4c3)n2)cc1. The van der Waals surface area contributed by atoms with Crippen LogP contribution in [0.3, 0.4) is 0 Å². The third-order valence-electron chi connectivity index (χ3n) is 26.0. The average Bonchev–Trinajstić information content (AvgIpc) is 1.63. The maximum absolute atomic E-state index is 5.79. The summed E-state index contributed by atoms with van der Waals surface area (Å²) in [5, 5.41) is 18.5. The number of benzene rings is 20. The molecule has 0 saturated carbocycles. The van der Waals surface area contributed by atoms with Crippen molar-refractivity contribution < 1.29 is 0 Å². The van der Waals surface area contributed by atoms with Gasteiger partial charge in [-0.1, -0.05) is 340 Å². The molecule has 0 aliphatic heterocycles. The molecule has 0 aliphatic carbocycles. The quantitative estimate of drug-likeness (QED) is 0.107. The van der Waals surface area contributed by atoms with Crippen molar-refractivity contribution in [3.63, 3.8) is 0 Å². The molecule has 0 saturated heterocycles. The largest absolute Gasteiger partial charge is 0.307 e. The summed E-state index contributed by atoms with van der Waals surface area (Å²) in [6.07, 6.45) is 0. The number of aromatic nitrogens is 10. The molecular formula is C118H72N10. The van der Waals surface area contributed by atoms with Gasteiger partial charge >= 0.3 is 0 Å². The number of rotatable bonds is 13. The van der Waals surface area contributed by atoms with Crippen molar-refractivity contribution in [2.45, 2.75) is 0 Å². The van der Waals surface area contributed by atoms with Gasteiger partial charge in [0.05, 0.1) is 66.9 Å². The van der Waals surface area contributed by atoms with Crippen LogP contribution < -0.4 is 0 Å². The lowest BCUT2D eigenvalue weighted by Gasteiger charge is -2.24. The molecule has 20 aromatic carbocycles. The average molecular weight is 1630 g/mol. The molecule has 0 aliphatic rings. The molecule has 26 aromatic rings. The second-order valence-corrected chi connectivity index (χ2v) is 33.1. The van der Waals surface area contributed by atoms with E-state index in [1.807, 2.05) is 42.5 Å². The summed E-state index contributed by atoms with van der Waals surface area (Å²) in [6, 6.07) is 158. The summed E-state index contributed by atoms with van der Waals surface area (Å²) in [6.45, 7) is 0. The molecule has 0 atom stereocenters. The number of para-hydroxylation sites is 7. The van der Waals surface area contributed by atoms with Crippen molar-refractivity contribution in [1.82, 2.24) is 48.2 Å². The lowest BCUT2D eigenvalue weighted by molar-refractivity contribution is 1.06. The maximum Gasteiger partial charge on any atom is 0.164 e. The molecular weight excluding hydrogens is 1560 g/mol. The second-order valence-electron chi connectivity index (χ2n) is 33.1. The van der Waals surface area contributed by atoms with Crippen LogP contribution in [0, 0.1) is 0 Å². The Morgan fingerprint density at radius 1 is 0.141 bits per heavy atom. The molecule has 6 heterocycles. The standard InChI is InChI=1S/C118H72N10/c1-4-32-74(33-5-1)113-119-114(75-34-6-2-7-35-75)122-117(121-113)96-65-68-108(112(128-104-57-28-20-49-92(104)93-50-21-29-58-105(93)128)110(96)81-61-63-87-85-43-13-12-41-83(85)84-42-14-15-44-86(84)97(87)72-81)126-101-54-25-22-51-94(101)98-71-79(62-66-106(98)126)78-39-30-40-82(70-78)116-120-115(76-36-8-3-9-37-76)123-118(124-116)95-64-67-107(125-99-52-23-16-45-88(99)89-46-17-24-53-100(89)125)111(109(95)80-60-59-73-31-10-11-38-77(73)69-80)127-102-55-26-18-47-90(102)91-48-19-27-56-103(91)127/h1-72H. The maximum atomic E-state index is 5.79. The van der Waals surface area contributed by atoms with Crippen LogP contribution in [0.1, 0.15) is 0 Å². The van der Waals surface area contributed by atoms with Gasteiger partial charge in [0.1, 0.15) is 0 Å². The van der Waals surface area contributed by atoms with Gasteiger partial charge in [-0.25, -0.2) is 29.9 Å². The van der Waals surface area contributed by atoms with Crippen LogP contribution in [0.5, 0.6) is 0 Å². The molecule has 0 spiro atoms. The highest BCUT2D eigenvalue weighted by Gasteiger charge is 2.31. The Morgan fingerprint density at radius 3 is 0.852 bits per heavy atom. The van der Waals surface area contributed by atoms with Gasteiger partial charge in [-0.05, 0) is 162 Å². The zero-order valence-corrected chi connectivity index (χ0v) is 69.0. The van der Waals surface area contributed by atoms with E-state index in [4.69, 9.17) is 29.9 Å². The van der Waals surface area contributed by atoms with E-state index in [1.54, 1.807) is 0 Å². The van der Waals surface area contributed by atoms with E-state index in [2.05, 4.69) is 413 Å². The van der Waals surface area contributed by atoms with Crippen molar-refractivity contribution in [1.29, 1.82) is 0 Å². The molecule has 594 valence electrons. The highest BCUT2D eigenvalue weighted by Crippen LogP contribution is 2.51. The Kier molecular flexibility index (Phi) is 16.5. The minimum atomic E-state index is 0.536. The third-order valence-corrected chi connectivity index (χ3v) is 26.0. The zero-order valence-electron chi connectivity index (χ0n) is 69.0. The Morgan fingerprint density at radius 2 is 0.422 bits per heavy atom. The first-order valence-electron chi connectivity index (χ1n) is 43.5. The van der Waals surface area contributed by atoms with E-state index >= 15 is 0 Å². The second kappa shape index (κ2) is 29.2. The lowest BCUT2D eigenvalue weighted by atomic mass is 9.89. The fourth-order valence-electron chi connectivity index (χ4n) is 20.4. The van der Waals surface area contributed by atoms with E-state index in [1.165, 1.54) is 37.7 Å². The van der Waals surface area contributed by atoms with Crippen LogP contribution in [0.25, 0.3) is 255 Å². The molecule has 0 N–H and O–H groups in total. The summed E-state index contributed by atoms with van der Waals surface area (Å²) < 4.78 is 9.95. The summed E-state index contributed by atoms with van der Waals surface area (Å²) in [7, 11) is 0. The van der Waals surface area contributed by atoms with Crippen LogP contribution in [0.4, 0.5) is 0 Å². The van der Waals surface area contributed by atoms with Gasteiger partial charge in [-0.3, -0.25) is 0 Å². The van der Waals surface area contributed by atoms with E-state index < -0.39 is 0 Å². The van der Waals surface area contributed by atoms with Gasteiger partial charge in [-0.2, -0.15) is 0 Å². The predicted octanol–water partition coefficient (Wildman–Crippen LogP) is 30.1. The molecule has 0 radical (unpaired) electrons. The van der Waals surface area contributed by atoms with Gasteiger partial charge < -0.3 is 18.3 Å². The molecule has 6 aromatic heterocycles.